The molecule has 1 atom stereocenters. The van der Waals surface area contributed by atoms with E-state index >= 15 is 0 Å². The van der Waals surface area contributed by atoms with Gasteiger partial charge < -0.3 is 0 Å². The van der Waals surface area contributed by atoms with Gasteiger partial charge in [-0.15, -0.1) is 0 Å². The van der Waals surface area contributed by atoms with Crippen LogP contribution in [0.25, 0.3) is 0 Å². The first-order valence-corrected chi connectivity index (χ1v) is 6.37. The van der Waals surface area contributed by atoms with E-state index in [1.807, 2.05) is 6.07 Å². The van der Waals surface area contributed by atoms with Crippen molar-refractivity contribution < 1.29 is 12.8 Å². The molecule has 0 radical (unpaired) electrons. The van der Waals surface area contributed by atoms with Crippen molar-refractivity contribution in [2.45, 2.75) is 24.8 Å². The maximum absolute atomic E-state index is 12.9. The molecule has 5 nitrogen and oxygen atoms in total. The van der Waals surface area contributed by atoms with Gasteiger partial charge in [-0.1, -0.05) is 13.8 Å². The molecule has 0 bridgehead atoms. The van der Waals surface area contributed by atoms with Gasteiger partial charge in [0.1, 0.15) is 16.8 Å². The molecule has 1 rings (SSSR count). The van der Waals surface area contributed by atoms with E-state index in [2.05, 4.69) is 9.71 Å². The fourth-order valence-electron chi connectivity index (χ4n) is 1.09. The molecule has 0 aromatic carbocycles. The zero-order chi connectivity index (χ0) is 13.1. The van der Waals surface area contributed by atoms with Crippen LogP contribution in [0.5, 0.6) is 0 Å². The van der Waals surface area contributed by atoms with Crippen LogP contribution in [-0.4, -0.2) is 19.4 Å². The first kappa shape index (κ1) is 13.5. The highest BCUT2D eigenvalue weighted by molar-refractivity contribution is 7.89. The summed E-state index contributed by atoms with van der Waals surface area (Å²) in [7, 11) is -3.91. The maximum atomic E-state index is 12.9. The molecule has 7 heteroatoms. The molecule has 0 fully saturated rings. The van der Waals surface area contributed by atoms with E-state index < -0.39 is 21.9 Å². The van der Waals surface area contributed by atoms with Gasteiger partial charge in [0.25, 0.3) is 0 Å². The third-order valence-electron chi connectivity index (χ3n) is 2.08. The third kappa shape index (κ3) is 3.47. The Morgan fingerprint density at radius 3 is 2.59 bits per heavy atom. The number of rotatable bonds is 4. The van der Waals surface area contributed by atoms with E-state index in [0.717, 1.165) is 18.5 Å². The second-order valence-electron chi connectivity index (χ2n) is 3.81. The zero-order valence-electron chi connectivity index (χ0n) is 9.38. The second-order valence-corrected chi connectivity index (χ2v) is 5.52. The molecule has 1 N–H and O–H groups in total. The average Bonchev–Trinajstić information content (AvgIpc) is 2.25. The van der Waals surface area contributed by atoms with Gasteiger partial charge in [-0.25, -0.2) is 12.8 Å². The van der Waals surface area contributed by atoms with Crippen LogP contribution in [0.3, 0.4) is 0 Å². The van der Waals surface area contributed by atoms with Crippen LogP contribution in [0.4, 0.5) is 4.39 Å². The lowest BCUT2D eigenvalue weighted by Crippen LogP contribution is -2.37. The molecule has 0 aliphatic rings. The van der Waals surface area contributed by atoms with Gasteiger partial charge in [0.2, 0.25) is 10.0 Å². The van der Waals surface area contributed by atoms with Crippen LogP contribution in [-0.2, 0) is 10.0 Å². The van der Waals surface area contributed by atoms with E-state index in [0.29, 0.717) is 0 Å². The maximum Gasteiger partial charge on any atom is 0.243 e. The van der Waals surface area contributed by atoms with Gasteiger partial charge in [-0.2, -0.15) is 9.98 Å². The summed E-state index contributed by atoms with van der Waals surface area (Å²) in [6, 6.07) is 1.83. The molecule has 0 amide bonds. The Morgan fingerprint density at radius 2 is 2.12 bits per heavy atom. The highest BCUT2D eigenvalue weighted by Gasteiger charge is 2.22. The van der Waals surface area contributed by atoms with Crippen molar-refractivity contribution >= 4 is 10.0 Å². The van der Waals surface area contributed by atoms with E-state index in [9.17, 15) is 12.8 Å². The molecule has 0 saturated heterocycles. The molecule has 17 heavy (non-hydrogen) atoms. The van der Waals surface area contributed by atoms with Crippen LogP contribution < -0.4 is 4.72 Å². The lowest BCUT2D eigenvalue weighted by atomic mass is 10.1. The molecule has 1 aromatic rings. The average molecular weight is 257 g/mol. The van der Waals surface area contributed by atoms with Crippen molar-refractivity contribution in [3.63, 3.8) is 0 Å². The Balaban J connectivity index is 3.01. The normalized spacial score (nSPS) is 13.4. The summed E-state index contributed by atoms with van der Waals surface area (Å²) < 4.78 is 38.6. The quantitative estimate of drug-likeness (QED) is 0.873. The predicted molar refractivity (Wildman–Crippen MR) is 58.8 cm³/mol. The number of nitrogens with one attached hydrogen (secondary N) is 1. The number of aromatic nitrogens is 1. The van der Waals surface area contributed by atoms with Crippen molar-refractivity contribution in [3.05, 3.63) is 24.3 Å². The fraction of sp³-hybridized carbons (Fsp3) is 0.400. The summed E-state index contributed by atoms with van der Waals surface area (Å²) in [6.07, 6.45) is 1.93. The molecule has 1 aromatic heterocycles. The number of hydrogen-bond acceptors (Lipinski definition) is 4. The zero-order valence-corrected chi connectivity index (χ0v) is 10.2. The van der Waals surface area contributed by atoms with Crippen LogP contribution in [0.15, 0.2) is 23.4 Å². The van der Waals surface area contributed by atoms with Crippen LogP contribution in [0.2, 0.25) is 0 Å². The molecular formula is C10H12FN3O2S. The van der Waals surface area contributed by atoms with Gasteiger partial charge >= 0.3 is 0 Å². The van der Waals surface area contributed by atoms with Crippen molar-refractivity contribution in [2.24, 2.45) is 5.92 Å². The monoisotopic (exact) mass is 257 g/mol. The van der Waals surface area contributed by atoms with E-state index in [-0.39, 0.29) is 10.8 Å². The highest BCUT2D eigenvalue weighted by Crippen LogP contribution is 2.11. The summed E-state index contributed by atoms with van der Waals surface area (Å²) in [4.78, 5) is 3.16. The minimum Gasteiger partial charge on any atom is -0.260 e. The van der Waals surface area contributed by atoms with Crippen molar-refractivity contribution in [3.8, 4) is 6.07 Å². The van der Waals surface area contributed by atoms with Crippen LogP contribution >= 0.6 is 0 Å². The fourth-order valence-corrected chi connectivity index (χ4v) is 2.35. The van der Waals surface area contributed by atoms with Crippen molar-refractivity contribution in [2.75, 3.05) is 0 Å². The Kier molecular flexibility index (Phi) is 4.15. The Morgan fingerprint density at radius 1 is 1.47 bits per heavy atom. The smallest absolute Gasteiger partial charge is 0.243 e. The number of halogens is 1. The largest absolute Gasteiger partial charge is 0.260 e. The summed E-state index contributed by atoms with van der Waals surface area (Å²) in [5.41, 5.74) is 0. The molecule has 1 heterocycles. The summed E-state index contributed by atoms with van der Waals surface area (Å²) >= 11 is 0. The van der Waals surface area contributed by atoms with Crippen molar-refractivity contribution in [1.29, 1.82) is 5.26 Å². The van der Waals surface area contributed by atoms with E-state index in [1.165, 1.54) is 0 Å². The number of nitrogens with zero attached hydrogens (tertiary/aromatic N) is 2. The molecule has 92 valence electrons. The molecular weight excluding hydrogens is 245 g/mol. The summed E-state index contributed by atoms with van der Waals surface area (Å²) in [5, 5.41) is 8.79. The third-order valence-corrected chi connectivity index (χ3v) is 3.49. The topological polar surface area (TPSA) is 82.9 Å². The SMILES string of the molecule is CC(C)C(C#N)NS(=O)(=O)c1cncc(F)c1. The van der Waals surface area contributed by atoms with Gasteiger partial charge in [-0.05, 0) is 12.0 Å². The minimum atomic E-state index is -3.91. The molecule has 0 aliphatic carbocycles. The highest BCUT2D eigenvalue weighted by atomic mass is 32.2. The number of nitriles is 1. The number of pyridine rings is 1. The summed E-state index contributed by atoms with van der Waals surface area (Å²) in [6.45, 7) is 3.42. The molecule has 0 saturated carbocycles. The number of hydrogen-bond donors (Lipinski definition) is 1. The van der Waals surface area contributed by atoms with Gasteiger partial charge in [0.15, 0.2) is 0 Å². The lowest BCUT2D eigenvalue weighted by Gasteiger charge is -2.14. The molecule has 1 unspecified atom stereocenters. The van der Waals surface area contributed by atoms with Crippen LogP contribution in [0.1, 0.15) is 13.8 Å². The Labute approximate surface area is 99.3 Å². The van der Waals surface area contributed by atoms with Crippen LogP contribution in [0, 0.1) is 23.1 Å². The van der Waals surface area contributed by atoms with E-state index in [1.54, 1.807) is 13.8 Å². The van der Waals surface area contributed by atoms with Crippen molar-refractivity contribution in [1.82, 2.24) is 9.71 Å². The minimum absolute atomic E-state index is 0.184. The molecule has 0 aliphatic heterocycles. The lowest BCUT2D eigenvalue weighted by molar-refractivity contribution is 0.514. The molecule has 0 spiro atoms. The number of sulfonamides is 1. The predicted octanol–water partition coefficient (Wildman–Crippen LogP) is 1.05. The summed E-state index contributed by atoms with van der Waals surface area (Å²) in [5.74, 6) is -0.928. The standard InChI is InChI=1S/C10H12FN3O2S/c1-7(2)10(4-12)14-17(15,16)9-3-8(11)5-13-6-9/h3,5-7,10,14H,1-2H3. The Hall–Kier alpha value is -1.52. The van der Waals surface area contributed by atoms with Gasteiger partial charge in [0.05, 0.1) is 12.3 Å². The van der Waals surface area contributed by atoms with Gasteiger partial charge in [-0.3, -0.25) is 4.98 Å². The second kappa shape index (κ2) is 5.21. The first-order chi connectivity index (χ1) is 7.86. The first-order valence-electron chi connectivity index (χ1n) is 4.89. The van der Waals surface area contributed by atoms with Gasteiger partial charge in [0, 0.05) is 6.20 Å². The Bertz CT molecular complexity index is 537. The van der Waals surface area contributed by atoms with E-state index in [4.69, 9.17) is 5.26 Å².